The van der Waals surface area contributed by atoms with Crippen LogP contribution in [0.1, 0.15) is 83.0 Å². The predicted molar refractivity (Wildman–Crippen MR) is 126 cm³/mol. The number of carboxylic acid groups (broad SMARTS) is 1. The lowest BCUT2D eigenvalue weighted by Gasteiger charge is -2.37. The van der Waals surface area contributed by atoms with Crippen molar-refractivity contribution in [2.75, 3.05) is 7.11 Å². The third kappa shape index (κ3) is 6.44. The normalized spacial score (nSPS) is 26.6. The first kappa shape index (κ1) is 26.8. The minimum Gasteiger partial charge on any atom is -0.496 e. The van der Waals surface area contributed by atoms with Gasteiger partial charge in [0.05, 0.1) is 30.1 Å². The average molecular weight is 494 g/mol. The Bertz CT molecular complexity index is 963. The van der Waals surface area contributed by atoms with E-state index < -0.39 is 40.7 Å². The average Bonchev–Trinajstić information content (AvgIpc) is 3.23. The first-order valence-electron chi connectivity index (χ1n) is 12.1. The topological polar surface area (TPSA) is 111 Å². The third-order valence-corrected chi connectivity index (χ3v) is 6.87. The lowest BCUT2D eigenvalue weighted by atomic mass is 9.74. The number of carbonyl (C=O) groups excluding carboxylic acids is 2. The Morgan fingerprint density at radius 1 is 1.09 bits per heavy atom. The van der Waals surface area contributed by atoms with E-state index in [1.807, 2.05) is 27.7 Å². The molecule has 0 unspecified atom stereocenters. The van der Waals surface area contributed by atoms with Gasteiger partial charge in [0.1, 0.15) is 11.4 Å². The molecule has 0 bridgehead atoms. The number of aliphatic carboxylic acids is 1. The smallest absolute Gasteiger partial charge is 0.312 e. The molecule has 35 heavy (non-hydrogen) atoms. The number of amides is 1. The number of carboxylic acids is 1. The van der Waals surface area contributed by atoms with E-state index in [1.54, 1.807) is 0 Å². The van der Waals surface area contributed by atoms with Gasteiger partial charge in [0.2, 0.25) is 0 Å². The molecule has 0 radical (unpaired) electrons. The molecule has 2 fully saturated rings. The van der Waals surface area contributed by atoms with Crippen molar-refractivity contribution in [2.45, 2.75) is 90.4 Å². The van der Waals surface area contributed by atoms with E-state index in [-0.39, 0.29) is 29.1 Å². The highest BCUT2D eigenvalue weighted by atomic mass is 19.1. The summed E-state index contributed by atoms with van der Waals surface area (Å²) in [6.07, 6.45) is 3.59. The summed E-state index contributed by atoms with van der Waals surface area (Å²) in [5, 5.41) is 12.1. The van der Waals surface area contributed by atoms with E-state index in [4.69, 9.17) is 14.2 Å². The maximum Gasteiger partial charge on any atom is 0.312 e. The SMILES string of the molecule is COc1cc(F)c(OC2CCC(C)(C(=O)OC(C)(C)C)CC2)cc1C(=O)N[C@@H]1CCC[C@@H]1C(=O)O. The van der Waals surface area contributed by atoms with Crippen LogP contribution in [0.5, 0.6) is 11.5 Å². The van der Waals surface area contributed by atoms with E-state index in [2.05, 4.69) is 5.32 Å². The number of rotatable bonds is 7. The zero-order valence-electron chi connectivity index (χ0n) is 21.1. The zero-order valence-corrected chi connectivity index (χ0v) is 21.1. The van der Waals surface area contributed by atoms with Crippen LogP contribution in [0.25, 0.3) is 0 Å². The lowest BCUT2D eigenvalue weighted by Crippen LogP contribution is -2.40. The Kier molecular flexibility index (Phi) is 7.97. The predicted octanol–water partition coefficient (Wildman–Crippen LogP) is 4.49. The number of methoxy groups -OCH3 is 1. The van der Waals surface area contributed by atoms with Gasteiger partial charge < -0.3 is 24.6 Å². The number of esters is 1. The summed E-state index contributed by atoms with van der Waals surface area (Å²) in [4.78, 5) is 37.1. The molecule has 2 aliphatic carbocycles. The molecule has 0 heterocycles. The quantitative estimate of drug-likeness (QED) is 0.539. The summed E-state index contributed by atoms with van der Waals surface area (Å²) in [5.41, 5.74) is -1.12. The second kappa shape index (κ2) is 10.4. The Hall–Kier alpha value is -2.84. The number of hydrogen-bond acceptors (Lipinski definition) is 6. The second-order valence-electron chi connectivity index (χ2n) is 10.8. The second-order valence-corrected chi connectivity index (χ2v) is 10.8. The molecule has 194 valence electrons. The molecule has 0 saturated heterocycles. The van der Waals surface area contributed by atoms with E-state index >= 15 is 0 Å². The van der Waals surface area contributed by atoms with Crippen molar-refractivity contribution >= 4 is 17.8 Å². The van der Waals surface area contributed by atoms with E-state index in [9.17, 15) is 23.9 Å². The van der Waals surface area contributed by atoms with Gasteiger partial charge in [-0.15, -0.1) is 0 Å². The summed E-state index contributed by atoms with van der Waals surface area (Å²) in [6, 6.07) is 1.90. The molecule has 1 amide bonds. The number of carbonyl (C=O) groups is 3. The first-order chi connectivity index (χ1) is 16.3. The van der Waals surface area contributed by atoms with Crippen molar-refractivity contribution in [2.24, 2.45) is 11.3 Å². The maximum absolute atomic E-state index is 14.8. The minimum absolute atomic E-state index is 0.0402. The number of halogens is 1. The number of benzene rings is 1. The highest BCUT2D eigenvalue weighted by Crippen LogP contribution is 2.40. The van der Waals surface area contributed by atoms with Crippen LogP contribution in [0.15, 0.2) is 12.1 Å². The van der Waals surface area contributed by atoms with Crippen LogP contribution in [0, 0.1) is 17.2 Å². The van der Waals surface area contributed by atoms with Gasteiger partial charge in [0.15, 0.2) is 11.6 Å². The van der Waals surface area contributed by atoms with E-state index in [0.717, 1.165) is 6.07 Å². The highest BCUT2D eigenvalue weighted by molar-refractivity contribution is 5.98. The molecule has 0 aromatic heterocycles. The molecular formula is C26H36FNO7. The molecule has 0 spiro atoms. The number of hydrogen-bond donors (Lipinski definition) is 2. The number of nitrogens with one attached hydrogen (secondary N) is 1. The molecule has 0 aliphatic heterocycles. The summed E-state index contributed by atoms with van der Waals surface area (Å²) in [7, 11) is 1.33. The van der Waals surface area contributed by atoms with Crippen LogP contribution in [0.3, 0.4) is 0 Å². The molecular weight excluding hydrogens is 457 g/mol. The molecule has 2 saturated carbocycles. The van der Waals surface area contributed by atoms with Gasteiger partial charge in [0, 0.05) is 12.1 Å². The van der Waals surface area contributed by atoms with E-state index in [0.29, 0.717) is 44.9 Å². The fraction of sp³-hybridized carbons (Fsp3) is 0.654. The van der Waals surface area contributed by atoms with Gasteiger partial charge in [-0.1, -0.05) is 6.42 Å². The van der Waals surface area contributed by atoms with Gasteiger partial charge in [-0.2, -0.15) is 0 Å². The molecule has 8 nitrogen and oxygen atoms in total. The van der Waals surface area contributed by atoms with Crippen molar-refractivity contribution in [1.29, 1.82) is 0 Å². The van der Waals surface area contributed by atoms with Crippen molar-refractivity contribution in [3.8, 4) is 11.5 Å². The van der Waals surface area contributed by atoms with Crippen LogP contribution in [0.4, 0.5) is 4.39 Å². The summed E-state index contributed by atoms with van der Waals surface area (Å²) in [5.74, 6) is -3.08. The maximum atomic E-state index is 14.8. The first-order valence-corrected chi connectivity index (χ1v) is 12.1. The monoisotopic (exact) mass is 493 g/mol. The summed E-state index contributed by atoms with van der Waals surface area (Å²) >= 11 is 0. The van der Waals surface area contributed by atoms with Crippen LogP contribution >= 0.6 is 0 Å². The van der Waals surface area contributed by atoms with Gasteiger partial charge in [-0.05, 0) is 72.3 Å². The summed E-state index contributed by atoms with van der Waals surface area (Å²) in [6.45, 7) is 7.37. The zero-order chi connectivity index (χ0) is 26.0. The third-order valence-electron chi connectivity index (χ3n) is 6.87. The van der Waals surface area contributed by atoms with Gasteiger partial charge in [-0.25, -0.2) is 4.39 Å². The molecule has 1 aromatic carbocycles. The minimum atomic E-state index is -0.946. The van der Waals surface area contributed by atoms with Crippen LogP contribution in [0.2, 0.25) is 0 Å². The Balaban J connectivity index is 1.70. The lowest BCUT2D eigenvalue weighted by molar-refractivity contribution is -0.169. The fourth-order valence-corrected chi connectivity index (χ4v) is 4.78. The highest BCUT2D eigenvalue weighted by Gasteiger charge is 2.41. The molecule has 2 N–H and O–H groups in total. The molecule has 3 rings (SSSR count). The summed E-state index contributed by atoms with van der Waals surface area (Å²) < 4.78 is 31.5. The van der Waals surface area contributed by atoms with Crippen LogP contribution in [-0.4, -0.2) is 47.8 Å². The Labute approximate surface area is 205 Å². The standard InChI is InChI=1S/C26H36FNO7/c1-25(2,3)35-24(32)26(4)11-9-15(10-12-26)34-21-13-17(20(33-5)14-18(21)27)22(29)28-19-8-6-7-16(19)23(30)31/h13-16,19H,6-12H2,1-5H3,(H,28,29)(H,30,31)/t15?,16-,19+,26?/m0/s1. The van der Waals surface area contributed by atoms with Crippen LogP contribution in [-0.2, 0) is 14.3 Å². The molecule has 2 atom stereocenters. The van der Waals surface area contributed by atoms with Crippen molar-refractivity contribution in [1.82, 2.24) is 5.32 Å². The van der Waals surface area contributed by atoms with Gasteiger partial charge in [-0.3, -0.25) is 14.4 Å². The largest absolute Gasteiger partial charge is 0.496 e. The molecule has 1 aromatic rings. The van der Waals surface area contributed by atoms with Gasteiger partial charge >= 0.3 is 11.9 Å². The number of ether oxygens (including phenoxy) is 3. The van der Waals surface area contributed by atoms with Crippen molar-refractivity contribution in [3.05, 3.63) is 23.5 Å². The Morgan fingerprint density at radius 2 is 1.74 bits per heavy atom. The molecule has 2 aliphatic rings. The van der Waals surface area contributed by atoms with Crippen molar-refractivity contribution in [3.63, 3.8) is 0 Å². The fourth-order valence-electron chi connectivity index (χ4n) is 4.78. The van der Waals surface area contributed by atoms with Crippen LogP contribution < -0.4 is 14.8 Å². The van der Waals surface area contributed by atoms with Gasteiger partial charge in [0.25, 0.3) is 5.91 Å². The Morgan fingerprint density at radius 3 is 2.31 bits per heavy atom. The van der Waals surface area contributed by atoms with E-state index in [1.165, 1.54) is 13.2 Å². The molecule has 9 heteroatoms. The van der Waals surface area contributed by atoms with Crippen molar-refractivity contribution < 1.29 is 38.1 Å².